The quantitative estimate of drug-likeness (QED) is 0.475. The minimum atomic E-state index is -0.182. The van der Waals surface area contributed by atoms with Crippen molar-refractivity contribution in [3.8, 4) is 0 Å². The lowest BCUT2D eigenvalue weighted by Gasteiger charge is -2.40. The van der Waals surface area contributed by atoms with Gasteiger partial charge in [0.25, 0.3) is 0 Å². The van der Waals surface area contributed by atoms with Crippen LogP contribution in [0.3, 0.4) is 0 Å². The van der Waals surface area contributed by atoms with Crippen molar-refractivity contribution < 1.29 is 9.13 Å². The van der Waals surface area contributed by atoms with Crippen LogP contribution in [0.2, 0.25) is 0 Å². The molecule has 2 aliphatic carbocycles. The lowest BCUT2D eigenvalue weighted by atomic mass is 9.70. The summed E-state index contributed by atoms with van der Waals surface area (Å²) in [5, 5.41) is 0. The zero-order valence-corrected chi connectivity index (χ0v) is 15.2. The highest BCUT2D eigenvalue weighted by atomic mass is 127. The molecule has 0 amide bonds. The molecular formula is C18H24FIO. The second kappa shape index (κ2) is 5.48. The second-order valence-corrected chi connectivity index (χ2v) is 8.31. The molecular weight excluding hydrogens is 378 g/mol. The molecule has 1 nitrogen and oxygen atoms in total. The predicted octanol–water partition coefficient (Wildman–Crippen LogP) is 5.53. The van der Waals surface area contributed by atoms with Crippen molar-refractivity contribution >= 4 is 22.6 Å². The first-order chi connectivity index (χ1) is 9.88. The lowest BCUT2D eigenvalue weighted by molar-refractivity contribution is -0.0792. The van der Waals surface area contributed by atoms with E-state index < -0.39 is 0 Å². The fourth-order valence-electron chi connectivity index (χ4n) is 4.42. The van der Waals surface area contributed by atoms with Gasteiger partial charge in [-0.3, -0.25) is 0 Å². The molecule has 116 valence electrons. The molecule has 21 heavy (non-hydrogen) atoms. The highest BCUT2D eigenvalue weighted by Crippen LogP contribution is 2.66. The molecule has 0 spiro atoms. The Kier molecular flexibility index (Phi) is 4.11. The molecule has 4 atom stereocenters. The van der Waals surface area contributed by atoms with Crippen LogP contribution in [0.1, 0.15) is 51.7 Å². The van der Waals surface area contributed by atoms with E-state index >= 15 is 0 Å². The number of hydrogen-bond donors (Lipinski definition) is 0. The fourth-order valence-corrected chi connectivity index (χ4v) is 5.13. The van der Waals surface area contributed by atoms with E-state index in [-0.39, 0.29) is 17.3 Å². The Hall–Kier alpha value is -0.160. The van der Waals surface area contributed by atoms with E-state index in [1.165, 1.54) is 31.4 Å². The average Bonchev–Trinajstić information content (AvgIpc) is 2.79. The molecule has 0 saturated heterocycles. The number of benzene rings is 1. The van der Waals surface area contributed by atoms with Crippen LogP contribution >= 0.6 is 22.6 Å². The van der Waals surface area contributed by atoms with E-state index in [1.54, 1.807) is 0 Å². The first-order valence-corrected chi connectivity index (χ1v) is 9.38. The minimum Gasteiger partial charge on any atom is -0.369 e. The third kappa shape index (κ3) is 2.44. The van der Waals surface area contributed by atoms with Gasteiger partial charge < -0.3 is 4.74 Å². The smallest absolute Gasteiger partial charge is 0.123 e. The van der Waals surface area contributed by atoms with Crippen LogP contribution in [-0.4, -0.2) is 10.5 Å². The molecule has 0 N–H and O–H groups in total. The van der Waals surface area contributed by atoms with Gasteiger partial charge in [0.05, 0.1) is 12.2 Å². The SMILES string of the molecule is CC1(C)C2CCC1(C)C(OC(CI)c1ccc(F)cc1)C2. The van der Waals surface area contributed by atoms with E-state index in [1.807, 2.05) is 12.1 Å². The Morgan fingerprint density at radius 1 is 1.29 bits per heavy atom. The first kappa shape index (κ1) is 15.7. The Morgan fingerprint density at radius 3 is 2.43 bits per heavy atom. The van der Waals surface area contributed by atoms with Gasteiger partial charge in [0, 0.05) is 4.43 Å². The molecule has 2 fully saturated rings. The van der Waals surface area contributed by atoms with Gasteiger partial charge in [-0.05, 0) is 53.7 Å². The standard InChI is InChI=1S/C18H24FIO/c1-17(2)13-8-9-18(17,3)16(10-13)21-15(11-20)12-4-6-14(19)7-5-12/h4-7,13,15-16H,8-11H2,1-3H3. The van der Waals surface area contributed by atoms with Crippen molar-refractivity contribution in [1.29, 1.82) is 0 Å². The van der Waals surface area contributed by atoms with Crippen molar-refractivity contribution in [3.63, 3.8) is 0 Å². The third-order valence-corrected chi connectivity index (χ3v) is 7.22. The van der Waals surface area contributed by atoms with Gasteiger partial charge in [0.15, 0.2) is 0 Å². The highest BCUT2D eigenvalue weighted by molar-refractivity contribution is 14.1. The Bertz CT molecular complexity index is 512. The number of halogens is 2. The van der Waals surface area contributed by atoms with Crippen molar-refractivity contribution in [3.05, 3.63) is 35.6 Å². The van der Waals surface area contributed by atoms with E-state index in [0.717, 1.165) is 15.9 Å². The summed E-state index contributed by atoms with van der Waals surface area (Å²) in [6.45, 7) is 7.22. The van der Waals surface area contributed by atoms with E-state index in [0.29, 0.717) is 11.5 Å². The van der Waals surface area contributed by atoms with Crippen LogP contribution in [0, 0.1) is 22.6 Å². The van der Waals surface area contributed by atoms with Crippen LogP contribution in [0.4, 0.5) is 4.39 Å². The zero-order valence-electron chi connectivity index (χ0n) is 13.0. The summed E-state index contributed by atoms with van der Waals surface area (Å²) < 4.78 is 20.5. The van der Waals surface area contributed by atoms with E-state index in [9.17, 15) is 4.39 Å². The van der Waals surface area contributed by atoms with Gasteiger partial charge in [0.1, 0.15) is 5.82 Å². The average molecular weight is 402 g/mol. The molecule has 3 heteroatoms. The van der Waals surface area contributed by atoms with E-state index in [2.05, 4.69) is 43.4 Å². The zero-order chi connectivity index (χ0) is 15.3. The van der Waals surface area contributed by atoms with Crippen LogP contribution < -0.4 is 0 Å². The van der Waals surface area contributed by atoms with Crippen LogP contribution in [0.15, 0.2) is 24.3 Å². The number of fused-ring (bicyclic) bond motifs is 2. The molecule has 0 radical (unpaired) electrons. The maximum Gasteiger partial charge on any atom is 0.123 e. The summed E-state index contributed by atoms with van der Waals surface area (Å²) in [6.07, 6.45) is 4.19. The Morgan fingerprint density at radius 2 is 1.95 bits per heavy atom. The molecule has 0 aromatic heterocycles. The first-order valence-electron chi connectivity index (χ1n) is 7.85. The largest absolute Gasteiger partial charge is 0.369 e. The summed E-state index contributed by atoms with van der Waals surface area (Å²) in [7, 11) is 0. The Balaban J connectivity index is 1.78. The molecule has 1 aromatic rings. The molecule has 2 bridgehead atoms. The minimum absolute atomic E-state index is 0.0724. The number of rotatable bonds is 4. The second-order valence-electron chi connectivity index (χ2n) is 7.43. The van der Waals surface area contributed by atoms with Crippen molar-refractivity contribution in [2.75, 3.05) is 4.43 Å². The van der Waals surface area contributed by atoms with Gasteiger partial charge in [-0.15, -0.1) is 0 Å². The maximum absolute atomic E-state index is 13.1. The summed E-state index contributed by atoms with van der Waals surface area (Å²) in [6, 6.07) is 6.79. The van der Waals surface area contributed by atoms with E-state index in [4.69, 9.17) is 4.74 Å². The van der Waals surface area contributed by atoms with Crippen LogP contribution in [0.25, 0.3) is 0 Å². The van der Waals surface area contributed by atoms with Crippen molar-refractivity contribution in [1.82, 2.24) is 0 Å². The molecule has 2 aliphatic rings. The van der Waals surface area contributed by atoms with Crippen molar-refractivity contribution in [2.24, 2.45) is 16.7 Å². The number of hydrogen-bond acceptors (Lipinski definition) is 1. The number of alkyl halides is 1. The van der Waals surface area contributed by atoms with Gasteiger partial charge in [-0.25, -0.2) is 4.39 Å². The molecule has 0 aliphatic heterocycles. The summed E-state index contributed by atoms with van der Waals surface area (Å²) >= 11 is 2.37. The summed E-state index contributed by atoms with van der Waals surface area (Å²) in [5.41, 5.74) is 1.74. The third-order valence-electron chi connectivity index (χ3n) is 6.42. The normalized spacial score (nSPS) is 35.1. The highest BCUT2D eigenvalue weighted by Gasteiger charge is 2.62. The van der Waals surface area contributed by atoms with Gasteiger partial charge >= 0.3 is 0 Å². The van der Waals surface area contributed by atoms with Gasteiger partial charge in [-0.1, -0.05) is 55.5 Å². The Labute approximate surface area is 140 Å². The monoisotopic (exact) mass is 402 g/mol. The molecule has 2 saturated carbocycles. The maximum atomic E-state index is 13.1. The fraction of sp³-hybridized carbons (Fsp3) is 0.667. The lowest BCUT2D eigenvalue weighted by Crippen LogP contribution is -2.38. The van der Waals surface area contributed by atoms with Gasteiger partial charge in [-0.2, -0.15) is 0 Å². The molecule has 0 heterocycles. The predicted molar refractivity (Wildman–Crippen MR) is 92.1 cm³/mol. The van der Waals surface area contributed by atoms with Crippen LogP contribution in [0.5, 0.6) is 0 Å². The molecule has 4 unspecified atom stereocenters. The van der Waals surface area contributed by atoms with Gasteiger partial charge in [0.2, 0.25) is 0 Å². The summed E-state index contributed by atoms with van der Waals surface area (Å²) in [5.74, 6) is 0.606. The molecule has 1 aromatic carbocycles. The topological polar surface area (TPSA) is 9.23 Å². The van der Waals surface area contributed by atoms with Crippen molar-refractivity contribution in [2.45, 2.75) is 52.2 Å². The van der Waals surface area contributed by atoms with Crippen LogP contribution in [-0.2, 0) is 4.74 Å². The number of ether oxygens (including phenoxy) is 1. The summed E-state index contributed by atoms with van der Waals surface area (Å²) in [4.78, 5) is 0. The molecule has 3 rings (SSSR count).